The lowest BCUT2D eigenvalue weighted by atomic mass is 10.0. The van der Waals surface area contributed by atoms with Crippen LogP contribution in [0.15, 0.2) is 200 Å². The van der Waals surface area contributed by atoms with Gasteiger partial charge in [-0.15, -0.1) is 0 Å². The minimum Gasteiger partial charge on any atom is -0.423 e. The Labute approximate surface area is 432 Å². The molecule has 4 aliphatic rings. The fourth-order valence-electron chi connectivity index (χ4n) is 7.73. The molecule has 7 amide bonds. The lowest BCUT2D eigenvalue weighted by molar-refractivity contribution is -0.138. The van der Waals surface area contributed by atoms with Gasteiger partial charge in [-0.05, 0) is 131 Å². The summed E-state index contributed by atoms with van der Waals surface area (Å²) in [5.41, 5.74) is 2.97. The first-order chi connectivity index (χ1) is 36.7. The quantitative estimate of drug-likeness (QED) is 0.0707. The summed E-state index contributed by atoms with van der Waals surface area (Å²) in [6.45, 7) is 0. The molecule has 77 heavy (non-hydrogen) atoms. The van der Waals surface area contributed by atoms with Crippen LogP contribution in [-0.4, -0.2) is 47.3 Å². The van der Waals surface area contributed by atoms with E-state index >= 15 is 0 Å². The molecule has 1 N–H and O–H groups in total. The molecule has 0 saturated heterocycles. The van der Waals surface area contributed by atoms with Gasteiger partial charge >= 0.3 is 18.3 Å². The molecule has 1 aliphatic carbocycles. The van der Waals surface area contributed by atoms with Crippen molar-refractivity contribution in [2.45, 2.75) is 12.4 Å². The van der Waals surface area contributed by atoms with E-state index in [0.717, 1.165) is 87.5 Å². The highest BCUT2D eigenvalue weighted by Gasteiger charge is 2.33. The van der Waals surface area contributed by atoms with Gasteiger partial charge in [0.2, 0.25) is 0 Å². The van der Waals surface area contributed by atoms with Crippen molar-refractivity contribution in [3.05, 3.63) is 234 Å². The Hall–Kier alpha value is -10.3. The molecule has 384 valence electrons. The maximum Gasteiger partial charge on any atom is 0.416 e. The molecule has 13 nitrogen and oxygen atoms in total. The van der Waals surface area contributed by atoms with E-state index in [-0.39, 0.29) is 34.7 Å². The Balaban J connectivity index is 0.000000140. The third-order valence-corrected chi connectivity index (χ3v) is 11.5. The lowest BCUT2D eigenvalue weighted by Crippen LogP contribution is -2.29. The molecule has 0 bridgehead atoms. The molecule has 0 radical (unpaired) electrons. The first kappa shape index (κ1) is 53.0. The molecule has 3 aliphatic heterocycles. The average Bonchev–Trinajstić information content (AvgIpc) is 4.20. The molecule has 11 rings (SSSR count). The summed E-state index contributed by atoms with van der Waals surface area (Å²) in [5, 5.41) is 5.51. The zero-order valence-corrected chi connectivity index (χ0v) is 39.5. The highest BCUT2D eigenvalue weighted by Crippen LogP contribution is 2.33. The van der Waals surface area contributed by atoms with Crippen molar-refractivity contribution >= 4 is 93.0 Å². The topological polar surface area (TPSA) is 168 Å². The van der Waals surface area contributed by atoms with Crippen molar-refractivity contribution in [1.29, 1.82) is 0 Å². The number of halogens is 6. The number of esters is 1. The van der Waals surface area contributed by atoms with Crippen LogP contribution >= 0.6 is 0 Å². The van der Waals surface area contributed by atoms with Crippen molar-refractivity contribution < 1.29 is 69.4 Å². The normalized spacial score (nSPS) is 14.1. The number of imide groups is 3. The molecular weight excluding hydrogens is 1010 g/mol. The highest BCUT2D eigenvalue weighted by atomic mass is 19.4. The predicted molar refractivity (Wildman–Crippen MR) is 273 cm³/mol. The van der Waals surface area contributed by atoms with Gasteiger partial charge in [-0.3, -0.25) is 33.6 Å². The van der Waals surface area contributed by atoms with E-state index in [9.17, 15) is 64.7 Å². The molecule has 0 atom stereocenters. The molecular formula is C58H36F6N4O9. The molecule has 0 saturated carbocycles. The number of benzene rings is 7. The van der Waals surface area contributed by atoms with Crippen LogP contribution in [0.25, 0.3) is 22.9 Å². The van der Waals surface area contributed by atoms with Gasteiger partial charge in [-0.2, -0.15) is 26.3 Å². The van der Waals surface area contributed by atoms with Crippen molar-refractivity contribution in [2.75, 3.05) is 20.0 Å². The monoisotopic (exact) mass is 1050 g/mol. The Bertz CT molecular complexity index is 3500. The maximum atomic E-state index is 12.5. The van der Waals surface area contributed by atoms with E-state index in [2.05, 4.69) is 53.9 Å². The molecule has 7 aromatic carbocycles. The third kappa shape index (κ3) is 12.6. The summed E-state index contributed by atoms with van der Waals surface area (Å²) in [7, 11) is 0. The number of nitrogens with zero attached hydrogens (tertiary/aromatic N) is 3. The van der Waals surface area contributed by atoms with E-state index in [1.54, 1.807) is 36.4 Å². The van der Waals surface area contributed by atoms with Gasteiger partial charge in [-0.25, -0.2) is 19.5 Å². The van der Waals surface area contributed by atoms with Gasteiger partial charge in [0.25, 0.3) is 41.4 Å². The van der Waals surface area contributed by atoms with Gasteiger partial charge in [0.05, 0.1) is 33.8 Å². The second-order valence-electron chi connectivity index (χ2n) is 16.5. The van der Waals surface area contributed by atoms with Crippen molar-refractivity contribution in [3.8, 4) is 5.75 Å². The van der Waals surface area contributed by atoms with Crippen molar-refractivity contribution in [2.24, 2.45) is 0 Å². The molecule has 0 fully saturated rings. The molecule has 7 aromatic rings. The van der Waals surface area contributed by atoms with Crippen LogP contribution < -0.4 is 24.8 Å². The number of hydrogen-bond acceptors (Lipinski definition) is 9. The number of rotatable bonds is 7. The summed E-state index contributed by atoms with van der Waals surface area (Å²) >= 11 is 0. The van der Waals surface area contributed by atoms with E-state index in [1.165, 1.54) is 58.3 Å². The first-order valence-corrected chi connectivity index (χ1v) is 22.8. The van der Waals surface area contributed by atoms with Crippen LogP contribution in [0.1, 0.15) is 43.0 Å². The maximum absolute atomic E-state index is 12.5. The number of nitrogens with one attached hydrogen (secondary N) is 1. The van der Waals surface area contributed by atoms with Crippen LogP contribution in [0, 0.1) is 0 Å². The minimum absolute atomic E-state index is 0.0452. The Morgan fingerprint density at radius 2 is 0.753 bits per heavy atom. The fourth-order valence-corrected chi connectivity index (χ4v) is 7.73. The Kier molecular flexibility index (Phi) is 15.4. The molecule has 3 heterocycles. The number of hydrogen-bond donors (Lipinski definition) is 1. The fraction of sp³-hybridized carbons (Fsp3) is 0.0345. The molecule has 0 aromatic heterocycles. The van der Waals surface area contributed by atoms with Crippen LogP contribution in [0.5, 0.6) is 5.75 Å². The predicted octanol–water partition coefficient (Wildman–Crippen LogP) is 11.2. The van der Waals surface area contributed by atoms with Gasteiger partial charge in [0, 0.05) is 47.7 Å². The number of anilines is 4. The number of carbonyl (C=O) groups is 8. The standard InChI is InChI=1S/C18H10F3NO4.C17H12N2O3.C12H8.C11H6F3NO2/c19-18(20,21)12-3-1-11(2-4-12)17(25)26-14-7-5-13(6-8-14)22-15(23)9-10-16(22)24;20-15-10-11-16(21)19(15)14-8-6-12(7-9-14)17(22)18-13-4-2-1-3-5-13;1-3-9-4-2-6-11-8-7-10(5-1)12(9)11;12-11(13,14)7-1-3-8(4-2-7)15-9(16)5-6-10(15)17/h1-10H;1-11H,(H,18,22);1-8H;1-6H. The lowest BCUT2D eigenvalue weighted by Gasteiger charge is -2.14. The largest absolute Gasteiger partial charge is 0.423 e. The number of alkyl halides is 6. The van der Waals surface area contributed by atoms with Gasteiger partial charge in [0.15, 0.2) is 0 Å². The van der Waals surface area contributed by atoms with Crippen molar-refractivity contribution in [1.82, 2.24) is 0 Å². The zero-order chi connectivity index (χ0) is 55.0. The molecule has 19 heteroatoms. The summed E-state index contributed by atoms with van der Waals surface area (Å²) in [6.07, 6.45) is 2.29. The van der Waals surface area contributed by atoms with E-state index in [1.807, 2.05) is 18.2 Å². The van der Waals surface area contributed by atoms with Gasteiger partial charge < -0.3 is 10.1 Å². The van der Waals surface area contributed by atoms with E-state index in [0.29, 0.717) is 22.6 Å². The Morgan fingerprint density at radius 3 is 1.16 bits per heavy atom. The first-order valence-electron chi connectivity index (χ1n) is 22.8. The van der Waals surface area contributed by atoms with Crippen LogP contribution in [0.2, 0.25) is 0 Å². The van der Waals surface area contributed by atoms with E-state index < -0.39 is 53.1 Å². The number of ether oxygens (including phenoxy) is 1. The van der Waals surface area contributed by atoms with Crippen LogP contribution in [-0.2, 0) is 41.1 Å². The highest BCUT2D eigenvalue weighted by molar-refractivity contribution is 6.29. The summed E-state index contributed by atoms with van der Waals surface area (Å²) in [4.78, 5) is 95.8. The number of carbonyl (C=O) groups excluding carboxylic acids is 8. The average molecular weight is 1050 g/mol. The zero-order valence-electron chi connectivity index (χ0n) is 39.5. The van der Waals surface area contributed by atoms with Gasteiger partial charge in [-0.1, -0.05) is 66.7 Å². The third-order valence-electron chi connectivity index (χ3n) is 11.5. The summed E-state index contributed by atoms with van der Waals surface area (Å²) in [6, 6.07) is 41.3. The van der Waals surface area contributed by atoms with Gasteiger partial charge in [0.1, 0.15) is 5.75 Å². The van der Waals surface area contributed by atoms with Crippen LogP contribution in [0.4, 0.5) is 49.1 Å². The SMILES string of the molecule is C1=Cc2cccc3cccc1c23.O=C(Nc1ccccc1)c1ccc(N2C(=O)C=CC2=O)cc1.O=C(Oc1ccc(N2C(=O)C=CC2=O)cc1)c1ccc(C(F)(F)F)cc1.O=C1C=CC(=O)N1c1ccc(C(F)(F)F)cc1. The molecule has 0 spiro atoms. The smallest absolute Gasteiger partial charge is 0.416 e. The minimum atomic E-state index is -4.49. The number of amides is 7. The summed E-state index contributed by atoms with van der Waals surface area (Å²) < 4.78 is 79.5. The Morgan fingerprint density at radius 1 is 0.390 bits per heavy atom. The summed E-state index contributed by atoms with van der Waals surface area (Å²) in [5.74, 6) is -3.82. The van der Waals surface area contributed by atoms with Crippen molar-refractivity contribution in [3.63, 3.8) is 0 Å². The number of para-hydroxylation sites is 1. The second kappa shape index (κ2) is 22.4. The van der Waals surface area contributed by atoms with E-state index in [4.69, 9.17) is 4.74 Å². The van der Waals surface area contributed by atoms with Crippen LogP contribution in [0.3, 0.4) is 0 Å². The molecule has 0 unspecified atom stereocenters. The second-order valence-corrected chi connectivity index (χ2v) is 16.5.